The van der Waals surface area contributed by atoms with Gasteiger partial charge in [0.25, 0.3) is 0 Å². The van der Waals surface area contributed by atoms with E-state index in [0.29, 0.717) is 12.5 Å². The topological polar surface area (TPSA) is 34.2 Å². The highest BCUT2D eigenvalue weighted by Gasteiger charge is 2.13. The Labute approximate surface area is 185 Å². The molecule has 2 aromatic carbocycles. The molecule has 0 unspecified atom stereocenters. The quantitative estimate of drug-likeness (QED) is 0.540. The predicted octanol–water partition coefficient (Wildman–Crippen LogP) is 5.98. The predicted molar refractivity (Wildman–Crippen MR) is 126 cm³/mol. The van der Waals surface area contributed by atoms with Crippen LogP contribution in [0.3, 0.4) is 0 Å². The number of nitrogens with one attached hydrogen (secondary N) is 1. The highest BCUT2D eigenvalue weighted by molar-refractivity contribution is 5.88. The van der Waals surface area contributed by atoms with Crippen LogP contribution in [-0.2, 0) is 6.61 Å². The van der Waals surface area contributed by atoms with Gasteiger partial charge in [0.1, 0.15) is 12.4 Å². The molecular weight excluding hydrogens is 403 g/mol. The lowest BCUT2D eigenvalue weighted by atomic mass is 9.97. The van der Waals surface area contributed by atoms with E-state index in [9.17, 15) is 0 Å². The lowest BCUT2D eigenvalue weighted by Crippen LogP contribution is -2.26. The summed E-state index contributed by atoms with van der Waals surface area (Å²) in [6, 6.07) is 18.5. The molecule has 0 saturated carbocycles. The molecule has 0 amide bonds. The lowest BCUT2D eigenvalue weighted by Gasteiger charge is -2.19. The molecule has 1 saturated heterocycles. The number of para-hydroxylation sites is 1. The summed E-state index contributed by atoms with van der Waals surface area (Å²) in [5.74, 6) is 1.57. The minimum atomic E-state index is 0. The average Bonchev–Trinajstić information content (AvgIpc) is 2.73. The van der Waals surface area contributed by atoms with E-state index in [1.165, 1.54) is 18.4 Å². The first kappa shape index (κ1) is 23.2. The van der Waals surface area contributed by atoms with E-state index in [1.54, 1.807) is 0 Å². The van der Waals surface area contributed by atoms with Crippen LogP contribution in [0.2, 0.25) is 0 Å². The maximum Gasteiger partial charge on any atom is 0.134 e. The first-order valence-electron chi connectivity index (χ1n) is 9.76. The van der Waals surface area contributed by atoms with Gasteiger partial charge < -0.3 is 10.1 Å². The maximum atomic E-state index is 6.28. The molecular formula is C24H28Cl2N2O. The highest BCUT2D eigenvalue weighted by Crippen LogP contribution is 2.32. The molecule has 3 aromatic rings. The van der Waals surface area contributed by atoms with Gasteiger partial charge in [0.15, 0.2) is 0 Å². The summed E-state index contributed by atoms with van der Waals surface area (Å²) in [7, 11) is 0. The third-order valence-corrected chi connectivity index (χ3v) is 5.25. The van der Waals surface area contributed by atoms with Crippen LogP contribution < -0.4 is 10.1 Å². The molecule has 29 heavy (non-hydrogen) atoms. The van der Waals surface area contributed by atoms with Crippen LogP contribution in [0.5, 0.6) is 5.75 Å². The zero-order valence-electron chi connectivity index (χ0n) is 16.6. The Morgan fingerprint density at radius 1 is 1.00 bits per heavy atom. The summed E-state index contributed by atoms with van der Waals surface area (Å²) in [5, 5.41) is 4.49. The highest BCUT2D eigenvalue weighted by atomic mass is 35.5. The van der Waals surface area contributed by atoms with Gasteiger partial charge in [0.2, 0.25) is 0 Å². The fourth-order valence-electron chi connectivity index (χ4n) is 3.64. The van der Waals surface area contributed by atoms with Crippen molar-refractivity contribution in [1.82, 2.24) is 10.3 Å². The summed E-state index contributed by atoms with van der Waals surface area (Å²) in [6.45, 7) is 4.88. The molecule has 1 aliphatic heterocycles. The first-order chi connectivity index (χ1) is 13.3. The molecule has 4 rings (SSSR count). The van der Waals surface area contributed by atoms with Crippen LogP contribution in [0.1, 0.15) is 29.7 Å². The number of benzene rings is 2. The summed E-state index contributed by atoms with van der Waals surface area (Å²) < 4.78 is 6.28. The number of ether oxygens (including phenoxy) is 1. The maximum absolute atomic E-state index is 6.28. The molecule has 0 radical (unpaired) electrons. The number of piperidine rings is 1. The minimum Gasteiger partial charge on any atom is -0.488 e. The van der Waals surface area contributed by atoms with Crippen molar-refractivity contribution in [2.75, 3.05) is 13.1 Å². The molecule has 1 fully saturated rings. The number of pyridine rings is 1. The van der Waals surface area contributed by atoms with E-state index >= 15 is 0 Å². The minimum absolute atomic E-state index is 0. The standard InChI is InChI=1S/C24H26N2O.2ClH/c1-18-22(12-11-19-13-15-25-16-14-19)26-23-10-6-5-9-21(23)24(18)27-17-20-7-3-2-4-8-20;;/h2-12,19,25H,13-17H2,1H3;2*1H/b12-11+;;. The summed E-state index contributed by atoms with van der Waals surface area (Å²) in [4.78, 5) is 4.89. The molecule has 0 atom stereocenters. The fourth-order valence-corrected chi connectivity index (χ4v) is 3.64. The summed E-state index contributed by atoms with van der Waals surface area (Å²) in [6.07, 6.45) is 6.90. The van der Waals surface area contributed by atoms with E-state index < -0.39 is 0 Å². The lowest BCUT2D eigenvalue weighted by molar-refractivity contribution is 0.307. The number of nitrogens with zero attached hydrogens (tertiary/aromatic N) is 1. The third-order valence-electron chi connectivity index (χ3n) is 5.25. The zero-order chi connectivity index (χ0) is 18.5. The van der Waals surface area contributed by atoms with Crippen molar-refractivity contribution in [3.63, 3.8) is 0 Å². The number of hydrogen-bond donors (Lipinski definition) is 1. The normalized spacial score (nSPS) is 14.4. The molecule has 3 nitrogen and oxygen atoms in total. The van der Waals surface area contributed by atoms with E-state index in [2.05, 4.69) is 48.7 Å². The van der Waals surface area contributed by atoms with Gasteiger partial charge in [-0.3, -0.25) is 0 Å². The Kier molecular flexibility index (Phi) is 8.97. The van der Waals surface area contributed by atoms with Crippen LogP contribution in [0.15, 0.2) is 60.7 Å². The molecule has 5 heteroatoms. The number of fused-ring (bicyclic) bond motifs is 1. The molecule has 1 aromatic heterocycles. The smallest absolute Gasteiger partial charge is 0.134 e. The largest absolute Gasteiger partial charge is 0.488 e. The number of aromatic nitrogens is 1. The molecule has 0 spiro atoms. The van der Waals surface area contributed by atoms with Gasteiger partial charge >= 0.3 is 0 Å². The summed E-state index contributed by atoms with van der Waals surface area (Å²) in [5.41, 5.74) is 4.27. The van der Waals surface area contributed by atoms with Gasteiger partial charge in [0.05, 0.1) is 11.2 Å². The number of rotatable bonds is 5. The second-order valence-corrected chi connectivity index (χ2v) is 7.19. The number of hydrogen-bond acceptors (Lipinski definition) is 3. The second kappa shape index (κ2) is 11.2. The van der Waals surface area contributed by atoms with Gasteiger partial charge in [-0.1, -0.05) is 48.5 Å². The van der Waals surface area contributed by atoms with Crippen molar-refractivity contribution in [2.45, 2.75) is 26.4 Å². The van der Waals surface area contributed by atoms with E-state index in [4.69, 9.17) is 9.72 Å². The number of halogens is 2. The van der Waals surface area contributed by atoms with Crippen LogP contribution in [0, 0.1) is 12.8 Å². The second-order valence-electron chi connectivity index (χ2n) is 7.19. The van der Waals surface area contributed by atoms with E-state index in [-0.39, 0.29) is 24.8 Å². The van der Waals surface area contributed by atoms with Gasteiger partial charge in [0, 0.05) is 10.9 Å². The van der Waals surface area contributed by atoms with Crippen LogP contribution in [0.4, 0.5) is 0 Å². The van der Waals surface area contributed by atoms with Crippen molar-refractivity contribution in [3.8, 4) is 5.75 Å². The third kappa shape index (κ3) is 5.72. The van der Waals surface area contributed by atoms with Gasteiger partial charge in [-0.2, -0.15) is 0 Å². The molecule has 2 heterocycles. The van der Waals surface area contributed by atoms with Gasteiger partial charge in [-0.05, 0) is 62.5 Å². The van der Waals surface area contributed by atoms with Crippen LogP contribution >= 0.6 is 24.8 Å². The van der Waals surface area contributed by atoms with Crippen molar-refractivity contribution >= 4 is 41.8 Å². The van der Waals surface area contributed by atoms with Crippen LogP contribution in [0.25, 0.3) is 17.0 Å². The first-order valence-corrected chi connectivity index (χ1v) is 9.76. The SMILES string of the molecule is Cc1c(/C=C/C2CCNCC2)nc2ccccc2c1OCc1ccccc1.Cl.Cl. The van der Waals surface area contributed by atoms with Crippen molar-refractivity contribution in [3.05, 3.63) is 77.5 Å². The Hall–Kier alpha value is -2.07. The van der Waals surface area contributed by atoms with Gasteiger partial charge in [-0.25, -0.2) is 4.98 Å². The molecule has 0 bridgehead atoms. The summed E-state index contributed by atoms with van der Waals surface area (Å²) >= 11 is 0. The fraction of sp³-hybridized carbons (Fsp3) is 0.292. The molecule has 0 aliphatic carbocycles. The Bertz CT molecular complexity index is 938. The average molecular weight is 431 g/mol. The Morgan fingerprint density at radius 3 is 2.45 bits per heavy atom. The monoisotopic (exact) mass is 430 g/mol. The van der Waals surface area contributed by atoms with Crippen LogP contribution in [-0.4, -0.2) is 18.1 Å². The Balaban J connectivity index is 0.00000150. The molecule has 1 aliphatic rings. The number of allylic oxidation sites excluding steroid dienone is 1. The Morgan fingerprint density at radius 2 is 1.69 bits per heavy atom. The van der Waals surface area contributed by atoms with Gasteiger partial charge in [-0.15, -0.1) is 24.8 Å². The van der Waals surface area contributed by atoms with E-state index in [1.807, 2.05) is 30.3 Å². The molecule has 154 valence electrons. The van der Waals surface area contributed by atoms with Crippen molar-refractivity contribution < 1.29 is 4.74 Å². The van der Waals surface area contributed by atoms with Crippen molar-refractivity contribution in [2.24, 2.45) is 5.92 Å². The molecule has 1 N–H and O–H groups in total. The zero-order valence-corrected chi connectivity index (χ0v) is 18.3. The van der Waals surface area contributed by atoms with Crippen molar-refractivity contribution in [1.29, 1.82) is 0 Å². The van der Waals surface area contributed by atoms with E-state index in [0.717, 1.165) is 41.0 Å².